The van der Waals surface area contributed by atoms with Crippen LogP contribution in [0.15, 0.2) is 241 Å². The number of hydrogen-bond donors (Lipinski definition) is 0. The summed E-state index contributed by atoms with van der Waals surface area (Å²) < 4.78 is 6.87. The largest absolute Gasteiger partial charge is 0.454 e. The molecule has 13 aromatic rings. The van der Waals surface area contributed by atoms with Gasteiger partial charge in [-0.05, 0) is 142 Å². The molecular formula is C65H39NO. The first-order chi connectivity index (χ1) is 33.2. The Hall–Kier alpha value is -8.72. The number of fused-ring (bicyclic) bond motifs is 16. The van der Waals surface area contributed by atoms with Crippen LogP contribution in [-0.2, 0) is 5.41 Å². The fraction of sp³-hybridized carbons (Fsp3) is 0.0154. The molecule has 0 radical (unpaired) electrons. The average molecular weight is 850 g/mol. The molecule has 2 aliphatic rings. The molecule has 2 aliphatic carbocycles. The van der Waals surface area contributed by atoms with Crippen LogP contribution >= 0.6 is 0 Å². The molecule has 0 saturated carbocycles. The number of rotatable bonds is 4. The third kappa shape index (κ3) is 4.94. The topological polar surface area (TPSA) is 16.4 Å². The normalized spacial score (nSPS) is 14.6. The summed E-state index contributed by atoms with van der Waals surface area (Å²) in [5.74, 6) is 0. The lowest BCUT2D eigenvalue weighted by Gasteiger charge is -2.36. The van der Waals surface area contributed by atoms with Gasteiger partial charge in [0.15, 0.2) is 5.58 Å². The van der Waals surface area contributed by atoms with E-state index in [1.807, 2.05) is 0 Å². The summed E-state index contributed by atoms with van der Waals surface area (Å²) in [5.41, 5.74) is 19.2. The maximum absolute atomic E-state index is 6.87. The molecule has 1 unspecified atom stereocenters. The summed E-state index contributed by atoms with van der Waals surface area (Å²) >= 11 is 0. The second kappa shape index (κ2) is 13.7. The molecule has 0 N–H and O–H groups in total. The quantitative estimate of drug-likeness (QED) is 0.164. The van der Waals surface area contributed by atoms with E-state index in [-0.39, 0.29) is 0 Å². The number of benzene rings is 12. The minimum atomic E-state index is -0.689. The minimum absolute atomic E-state index is 0.689. The first-order valence-electron chi connectivity index (χ1n) is 23.2. The molecular weight excluding hydrogens is 811 g/mol. The third-order valence-electron chi connectivity index (χ3n) is 15.0. The van der Waals surface area contributed by atoms with Gasteiger partial charge < -0.3 is 9.32 Å². The SMILES string of the molecule is c1ccc(-c2ccc(N(c3ccc4c(c3)C3(c5ccccc5-c5ccccc5-4)c4ccccc4-c4c3cc3ccc5cccc6ccc4c3c56)c3cccc4c3oc3ccccc34)cc2)cc1. The van der Waals surface area contributed by atoms with E-state index < -0.39 is 5.41 Å². The van der Waals surface area contributed by atoms with Crippen molar-refractivity contribution in [2.24, 2.45) is 0 Å². The van der Waals surface area contributed by atoms with Crippen LogP contribution in [0.2, 0.25) is 0 Å². The van der Waals surface area contributed by atoms with E-state index >= 15 is 0 Å². The molecule has 67 heavy (non-hydrogen) atoms. The van der Waals surface area contributed by atoms with E-state index in [2.05, 4.69) is 241 Å². The van der Waals surface area contributed by atoms with Gasteiger partial charge in [-0.15, -0.1) is 0 Å². The van der Waals surface area contributed by atoms with Gasteiger partial charge in [-0.2, -0.15) is 0 Å². The van der Waals surface area contributed by atoms with Crippen molar-refractivity contribution in [2.75, 3.05) is 4.90 Å². The zero-order valence-electron chi connectivity index (χ0n) is 36.4. The van der Waals surface area contributed by atoms with Crippen molar-refractivity contribution in [3.8, 4) is 44.5 Å². The second-order valence-electron chi connectivity index (χ2n) is 18.3. The van der Waals surface area contributed by atoms with Crippen molar-refractivity contribution in [2.45, 2.75) is 5.41 Å². The molecule has 1 heterocycles. The average Bonchev–Trinajstić information content (AvgIpc) is 3.89. The van der Waals surface area contributed by atoms with Crippen molar-refractivity contribution in [1.82, 2.24) is 0 Å². The van der Waals surface area contributed by atoms with Crippen LogP contribution in [0.25, 0.3) is 98.8 Å². The zero-order valence-corrected chi connectivity index (χ0v) is 36.4. The Bertz CT molecular complexity index is 4140. The first-order valence-corrected chi connectivity index (χ1v) is 23.2. The lowest BCUT2D eigenvalue weighted by Crippen LogP contribution is -2.29. The van der Waals surface area contributed by atoms with Crippen LogP contribution < -0.4 is 4.90 Å². The van der Waals surface area contributed by atoms with Gasteiger partial charge in [0.25, 0.3) is 0 Å². The molecule has 1 atom stereocenters. The molecule has 0 fully saturated rings. The van der Waals surface area contributed by atoms with E-state index in [0.29, 0.717) is 0 Å². The predicted octanol–water partition coefficient (Wildman–Crippen LogP) is 17.6. The summed E-state index contributed by atoms with van der Waals surface area (Å²) in [5, 5.41) is 9.99. The summed E-state index contributed by atoms with van der Waals surface area (Å²) in [4.78, 5) is 2.42. The van der Waals surface area contributed by atoms with E-state index in [1.165, 1.54) is 99.1 Å². The number of anilines is 3. The molecule has 0 saturated heterocycles. The fourth-order valence-electron chi connectivity index (χ4n) is 12.3. The molecule has 0 aliphatic heterocycles. The summed E-state index contributed by atoms with van der Waals surface area (Å²) in [6.07, 6.45) is 0. The number of hydrogen-bond acceptors (Lipinski definition) is 2. The highest BCUT2D eigenvalue weighted by atomic mass is 16.3. The standard InChI is InChI=1S/C65H39NO/c1-2-14-40(15-3-1)41-30-33-45(34-31-41)66(59-26-13-23-52-51-21-8-11-27-60(51)67-64(52)59)46-35-37-50-48-19-5-4-18-47(48)49-20-6-9-24-55(49)65(57(50)39-46)56-25-10-7-22-53(56)63-54-36-32-43-17-12-16-42-28-29-44(38-58(63)65)62(54)61(42)43/h1-39H. The van der Waals surface area contributed by atoms with Crippen molar-refractivity contribution in [3.63, 3.8) is 0 Å². The lowest BCUT2D eigenvalue weighted by molar-refractivity contribution is 0.669. The van der Waals surface area contributed by atoms with E-state index in [0.717, 1.165) is 39.0 Å². The van der Waals surface area contributed by atoms with Crippen LogP contribution in [0.4, 0.5) is 17.1 Å². The molecule has 310 valence electrons. The van der Waals surface area contributed by atoms with Crippen molar-refractivity contribution in [1.29, 1.82) is 0 Å². The van der Waals surface area contributed by atoms with Gasteiger partial charge in [-0.3, -0.25) is 0 Å². The molecule has 2 nitrogen and oxygen atoms in total. The molecule has 2 heteroatoms. The van der Waals surface area contributed by atoms with Gasteiger partial charge in [-0.25, -0.2) is 0 Å². The molecule has 0 amide bonds. The highest BCUT2D eigenvalue weighted by Gasteiger charge is 2.50. The first kappa shape index (κ1) is 36.6. The van der Waals surface area contributed by atoms with Crippen LogP contribution in [0.3, 0.4) is 0 Å². The maximum atomic E-state index is 6.87. The van der Waals surface area contributed by atoms with Gasteiger partial charge in [-0.1, -0.05) is 194 Å². The molecule has 0 bridgehead atoms. The van der Waals surface area contributed by atoms with Crippen LogP contribution in [0, 0.1) is 0 Å². The maximum Gasteiger partial charge on any atom is 0.159 e. The monoisotopic (exact) mass is 849 g/mol. The highest BCUT2D eigenvalue weighted by molar-refractivity contribution is 6.27. The summed E-state index contributed by atoms with van der Waals surface area (Å²) in [6.45, 7) is 0. The lowest BCUT2D eigenvalue weighted by atomic mass is 9.65. The molecule has 1 spiro atoms. The Kier molecular flexibility index (Phi) is 7.46. The van der Waals surface area contributed by atoms with Gasteiger partial charge >= 0.3 is 0 Å². The van der Waals surface area contributed by atoms with Gasteiger partial charge in [0, 0.05) is 22.1 Å². The van der Waals surface area contributed by atoms with Crippen LogP contribution in [0.1, 0.15) is 22.3 Å². The van der Waals surface area contributed by atoms with E-state index in [1.54, 1.807) is 0 Å². The molecule has 1 aromatic heterocycles. The Balaban J connectivity index is 1.08. The van der Waals surface area contributed by atoms with Gasteiger partial charge in [0.1, 0.15) is 5.58 Å². The number of para-hydroxylation sites is 2. The summed E-state index contributed by atoms with van der Waals surface area (Å²) in [6, 6.07) is 87.9. The Morgan fingerprint density at radius 1 is 0.328 bits per heavy atom. The van der Waals surface area contributed by atoms with Crippen LogP contribution in [0.5, 0.6) is 0 Å². The number of nitrogens with zero attached hydrogens (tertiary/aromatic N) is 1. The van der Waals surface area contributed by atoms with Crippen molar-refractivity contribution >= 4 is 71.3 Å². The fourth-order valence-corrected chi connectivity index (χ4v) is 12.3. The summed E-state index contributed by atoms with van der Waals surface area (Å²) in [7, 11) is 0. The van der Waals surface area contributed by atoms with Gasteiger partial charge in [0.2, 0.25) is 0 Å². The molecule has 12 aromatic carbocycles. The smallest absolute Gasteiger partial charge is 0.159 e. The van der Waals surface area contributed by atoms with Crippen molar-refractivity contribution in [3.05, 3.63) is 259 Å². The zero-order chi connectivity index (χ0) is 43.8. The highest BCUT2D eigenvalue weighted by Crippen LogP contribution is 2.64. The Morgan fingerprint density at radius 2 is 0.925 bits per heavy atom. The Morgan fingerprint density at radius 3 is 1.73 bits per heavy atom. The minimum Gasteiger partial charge on any atom is -0.454 e. The van der Waals surface area contributed by atoms with E-state index in [4.69, 9.17) is 4.42 Å². The second-order valence-corrected chi connectivity index (χ2v) is 18.3. The van der Waals surface area contributed by atoms with E-state index in [9.17, 15) is 0 Å². The van der Waals surface area contributed by atoms with Crippen molar-refractivity contribution < 1.29 is 4.42 Å². The van der Waals surface area contributed by atoms with Gasteiger partial charge in [0.05, 0.1) is 11.1 Å². The third-order valence-corrected chi connectivity index (χ3v) is 15.0. The number of furan rings is 1. The van der Waals surface area contributed by atoms with Crippen LogP contribution in [-0.4, -0.2) is 0 Å². The molecule has 15 rings (SSSR count). The Labute approximate surface area is 387 Å². The predicted molar refractivity (Wildman–Crippen MR) is 279 cm³/mol.